The predicted molar refractivity (Wildman–Crippen MR) is 41.0 cm³/mol. The second-order valence-electron chi connectivity index (χ2n) is 3.98. The molecule has 2 heteroatoms. The minimum absolute atomic E-state index is 0.273. The number of aliphatic hydroxyl groups is 1. The molecule has 0 amide bonds. The van der Waals surface area contributed by atoms with Crippen molar-refractivity contribution in [3.05, 3.63) is 0 Å². The Morgan fingerprint density at radius 2 is 2.36 bits per heavy atom. The van der Waals surface area contributed by atoms with Gasteiger partial charge in [-0.25, -0.2) is 0 Å². The second kappa shape index (κ2) is 2.31. The zero-order valence-electron chi connectivity index (χ0n) is 6.79. The van der Waals surface area contributed by atoms with Gasteiger partial charge in [-0.05, 0) is 24.2 Å². The molecule has 2 rings (SSSR count). The molecule has 0 aromatic rings. The molecule has 0 aliphatic heterocycles. The first-order valence-corrected chi connectivity index (χ1v) is 4.37. The standard InChI is InChI=1S/C9H14O2/c1-5-7-2-6(3-9(7)11)8(5)4-10/h5-8,10H,2-4H2,1H3/t5-,6+,7+,8+/m0/s1. The molecule has 2 aliphatic rings. The summed E-state index contributed by atoms with van der Waals surface area (Å²) in [5.41, 5.74) is 0. The van der Waals surface area contributed by atoms with Gasteiger partial charge in [0.25, 0.3) is 0 Å². The summed E-state index contributed by atoms with van der Waals surface area (Å²) in [6.07, 6.45) is 1.78. The zero-order chi connectivity index (χ0) is 8.01. The number of fused-ring (bicyclic) bond motifs is 2. The third kappa shape index (κ3) is 0.853. The molecule has 0 saturated heterocycles. The number of carbonyl (C=O) groups is 1. The highest BCUT2D eigenvalue weighted by atomic mass is 16.3. The Bertz CT molecular complexity index is 186. The van der Waals surface area contributed by atoms with E-state index in [1.165, 1.54) is 0 Å². The van der Waals surface area contributed by atoms with Gasteiger partial charge in [0, 0.05) is 18.9 Å². The maximum atomic E-state index is 11.2. The van der Waals surface area contributed by atoms with E-state index in [9.17, 15) is 4.79 Å². The molecule has 0 unspecified atom stereocenters. The summed E-state index contributed by atoms with van der Waals surface area (Å²) < 4.78 is 0. The van der Waals surface area contributed by atoms with E-state index < -0.39 is 0 Å². The lowest BCUT2D eigenvalue weighted by molar-refractivity contribution is -0.124. The van der Waals surface area contributed by atoms with Gasteiger partial charge in [0.05, 0.1) is 0 Å². The van der Waals surface area contributed by atoms with Crippen molar-refractivity contribution in [3.63, 3.8) is 0 Å². The van der Waals surface area contributed by atoms with Gasteiger partial charge in [-0.1, -0.05) is 6.92 Å². The first kappa shape index (κ1) is 7.29. The summed E-state index contributed by atoms with van der Waals surface area (Å²) in [6, 6.07) is 0. The number of hydrogen-bond acceptors (Lipinski definition) is 2. The molecule has 2 fully saturated rings. The van der Waals surface area contributed by atoms with E-state index in [0.717, 1.165) is 12.8 Å². The third-order valence-corrected chi connectivity index (χ3v) is 3.56. The van der Waals surface area contributed by atoms with Crippen LogP contribution in [0.15, 0.2) is 0 Å². The first-order chi connectivity index (χ1) is 5.24. The van der Waals surface area contributed by atoms with Crippen molar-refractivity contribution in [2.75, 3.05) is 6.61 Å². The molecule has 0 aromatic heterocycles. The summed E-state index contributed by atoms with van der Waals surface area (Å²) in [4.78, 5) is 11.2. The summed E-state index contributed by atoms with van der Waals surface area (Å²) in [7, 11) is 0. The fourth-order valence-electron chi connectivity index (χ4n) is 2.83. The van der Waals surface area contributed by atoms with Crippen LogP contribution in [0.2, 0.25) is 0 Å². The van der Waals surface area contributed by atoms with Crippen LogP contribution in [-0.2, 0) is 4.79 Å². The molecule has 0 aromatic carbocycles. The molecule has 2 bridgehead atoms. The average molecular weight is 154 g/mol. The quantitative estimate of drug-likeness (QED) is 0.607. The fourth-order valence-corrected chi connectivity index (χ4v) is 2.83. The smallest absolute Gasteiger partial charge is 0.136 e. The minimum Gasteiger partial charge on any atom is -0.396 e. The second-order valence-corrected chi connectivity index (χ2v) is 3.98. The monoisotopic (exact) mass is 154 g/mol. The van der Waals surface area contributed by atoms with Crippen LogP contribution in [0.1, 0.15) is 19.8 Å². The highest BCUT2D eigenvalue weighted by Gasteiger charge is 2.49. The van der Waals surface area contributed by atoms with E-state index >= 15 is 0 Å². The van der Waals surface area contributed by atoms with Crippen molar-refractivity contribution in [2.45, 2.75) is 19.8 Å². The molecule has 4 atom stereocenters. The Morgan fingerprint density at radius 1 is 1.64 bits per heavy atom. The maximum absolute atomic E-state index is 11.2. The van der Waals surface area contributed by atoms with Crippen molar-refractivity contribution < 1.29 is 9.90 Å². The number of ketones is 1. The summed E-state index contributed by atoms with van der Waals surface area (Å²) in [5.74, 6) is 2.08. The molecule has 2 saturated carbocycles. The SMILES string of the molecule is C[C@@H]1[C@@H](CO)[C@H]2CC(=O)[C@@H]1C2. The Labute approximate surface area is 66.6 Å². The van der Waals surface area contributed by atoms with E-state index in [0.29, 0.717) is 23.5 Å². The van der Waals surface area contributed by atoms with Gasteiger partial charge in [0.2, 0.25) is 0 Å². The Hall–Kier alpha value is -0.370. The van der Waals surface area contributed by atoms with Crippen LogP contribution in [-0.4, -0.2) is 17.5 Å². The van der Waals surface area contributed by atoms with Crippen LogP contribution in [0, 0.1) is 23.7 Å². The minimum atomic E-state index is 0.273. The van der Waals surface area contributed by atoms with Gasteiger partial charge in [-0.15, -0.1) is 0 Å². The summed E-state index contributed by atoms with van der Waals surface area (Å²) >= 11 is 0. The van der Waals surface area contributed by atoms with Crippen LogP contribution in [0.3, 0.4) is 0 Å². The Kier molecular flexibility index (Phi) is 1.53. The van der Waals surface area contributed by atoms with E-state index in [1.54, 1.807) is 0 Å². The Balaban J connectivity index is 2.17. The third-order valence-electron chi connectivity index (χ3n) is 3.56. The van der Waals surface area contributed by atoms with Crippen molar-refractivity contribution in [1.82, 2.24) is 0 Å². The number of carbonyl (C=O) groups excluding carboxylic acids is 1. The lowest BCUT2D eigenvalue weighted by Gasteiger charge is -2.25. The molecule has 0 radical (unpaired) electrons. The number of rotatable bonds is 1. The van der Waals surface area contributed by atoms with E-state index in [4.69, 9.17) is 5.11 Å². The molecular formula is C9H14O2. The van der Waals surface area contributed by atoms with Crippen LogP contribution < -0.4 is 0 Å². The van der Waals surface area contributed by atoms with Crippen molar-refractivity contribution >= 4 is 5.78 Å². The topological polar surface area (TPSA) is 37.3 Å². The lowest BCUT2D eigenvalue weighted by atomic mass is 9.80. The maximum Gasteiger partial charge on any atom is 0.136 e. The van der Waals surface area contributed by atoms with E-state index in [2.05, 4.69) is 6.92 Å². The van der Waals surface area contributed by atoms with Crippen molar-refractivity contribution in [2.24, 2.45) is 23.7 Å². The molecule has 1 N–H and O–H groups in total. The van der Waals surface area contributed by atoms with Gasteiger partial charge < -0.3 is 5.11 Å². The average Bonchev–Trinajstić information content (AvgIpc) is 2.44. The number of Topliss-reactive ketones (excluding diaryl/α,β-unsaturated/α-hetero) is 1. The van der Waals surface area contributed by atoms with Gasteiger partial charge in [0.1, 0.15) is 5.78 Å². The highest BCUT2D eigenvalue weighted by Crippen LogP contribution is 2.49. The zero-order valence-corrected chi connectivity index (χ0v) is 6.79. The van der Waals surface area contributed by atoms with Gasteiger partial charge >= 0.3 is 0 Å². The summed E-state index contributed by atoms with van der Waals surface area (Å²) in [6.45, 7) is 2.37. The largest absolute Gasteiger partial charge is 0.396 e. The lowest BCUT2D eigenvalue weighted by Crippen LogP contribution is -2.28. The summed E-state index contributed by atoms with van der Waals surface area (Å²) in [5, 5.41) is 9.03. The van der Waals surface area contributed by atoms with Crippen LogP contribution in [0.4, 0.5) is 0 Å². The molecule has 0 heterocycles. The first-order valence-electron chi connectivity index (χ1n) is 4.37. The molecule has 2 nitrogen and oxygen atoms in total. The number of aliphatic hydroxyl groups excluding tert-OH is 1. The van der Waals surface area contributed by atoms with Crippen LogP contribution in [0.5, 0.6) is 0 Å². The van der Waals surface area contributed by atoms with E-state index in [-0.39, 0.29) is 12.5 Å². The predicted octanol–water partition coefficient (Wildman–Crippen LogP) is 0.840. The molecular weight excluding hydrogens is 140 g/mol. The Morgan fingerprint density at radius 3 is 2.82 bits per heavy atom. The highest BCUT2D eigenvalue weighted by molar-refractivity contribution is 5.84. The molecule has 62 valence electrons. The van der Waals surface area contributed by atoms with E-state index in [1.807, 2.05) is 0 Å². The van der Waals surface area contributed by atoms with Gasteiger partial charge in [0.15, 0.2) is 0 Å². The molecule has 2 aliphatic carbocycles. The van der Waals surface area contributed by atoms with Crippen LogP contribution in [0.25, 0.3) is 0 Å². The normalized spacial score (nSPS) is 48.7. The van der Waals surface area contributed by atoms with Crippen LogP contribution >= 0.6 is 0 Å². The molecule has 0 spiro atoms. The molecule has 11 heavy (non-hydrogen) atoms. The van der Waals surface area contributed by atoms with Crippen molar-refractivity contribution in [1.29, 1.82) is 0 Å². The fraction of sp³-hybridized carbons (Fsp3) is 0.889. The van der Waals surface area contributed by atoms with Gasteiger partial charge in [-0.3, -0.25) is 4.79 Å². The number of hydrogen-bond donors (Lipinski definition) is 1. The van der Waals surface area contributed by atoms with Gasteiger partial charge in [-0.2, -0.15) is 0 Å². The van der Waals surface area contributed by atoms with Crippen molar-refractivity contribution in [3.8, 4) is 0 Å².